The minimum atomic E-state index is 1.01. The number of nitrogens with zero attached hydrogens (tertiary/aromatic N) is 1. The SMILES string of the molecule is Brc1cc2nccc(Nc3ccc4[nH]ccc4c3)c2s1. The van der Waals surface area contributed by atoms with Gasteiger partial charge in [0.15, 0.2) is 0 Å². The molecule has 0 aliphatic heterocycles. The summed E-state index contributed by atoms with van der Waals surface area (Å²) in [6.45, 7) is 0. The molecule has 4 rings (SSSR count). The Hall–Kier alpha value is -1.85. The van der Waals surface area contributed by atoms with Crippen LogP contribution in [0.2, 0.25) is 0 Å². The van der Waals surface area contributed by atoms with Crippen molar-refractivity contribution in [2.45, 2.75) is 0 Å². The van der Waals surface area contributed by atoms with Crippen LogP contribution >= 0.6 is 27.3 Å². The zero-order valence-electron chi connectivity index (χ0n) is 10.4. The van der Waals surface area contributed by atoms with Crippen molar-refractivity contribution in [2.24, 2.45) is 0 Å². The van der Waals surface area contributed by atoms with Gasteiger partial charge >= 0.3 is 0 Å². The first-order valence-electron chi connectivity index (χ1n) is 6.18. The van der Waals surface area contributed by atoms with Gasteiger partial charge in [-0.15, -0.1) is 11.3 Å². The minimum absolute atomic E-state index is 1.01. The number of aromatic amines is 1. The van der Waals surface area contributed by atoms with Gasteiger partial charge in [0.1, 0.15) is 0 Å². The molecule has 0 saturated carbocycles. The van der Waals surface area contributed by atoms with Crippen molar-refractivity contribution in [1.82, 2.24) is 9.97 Å². The lowest BCUT2D eigenvalue weighted by Crippen LogP contribution is -1.90. The summed E-state index contributed by atoms with van der Waals surface area (Å²) in [5.74, 6) is 0. The molecule has 1 aromatic carbocycles. The van der Waals surface area contributed by atoms with E-state index in [1.807, 2.05) is 24.5 Å². The summed E-state index contributed by atoms with van der Waals surface area (Å²) < 4.78 is 2.25. The molecule has 0 aliphatic rings. The second-order valence-corrected chi connectivity index (χ2v) is 6.96. The summed E-state index contributed by atoms with van der Waals surface area (Å²) in [5, 5.41) is 4.68. The molecular formula is C15H10BrN3S. The van der Waals surface area contributed by atoms with Gasteiger partial charge in [-0.3, -0.25) is 4.98 Å². The molecule has 0 spiro atoms. The van der Waals surface area contributed by atoms with Gasteiger partial charge in [-0.2, -0.15) is 0 Å². The Balaban J connectivity index is 1.79. The third-order valence-corrected chi connectivity index (χ3v) is 4.87. The van der Waals surface area contributed by atoms with Crippen molar-refractivity contribution in [1.29, 1.82) is 0 Å². The van der Waals surface area contributed by atoms with Gasteiger partial charge in [-0.05, 0) is 52.3 Å². The standard InChI is InChI=1S/C15H10BrN3S/c16-14-8-13-15(20-14)12(4-6-18-13)19-10-1-2-11-9(7-10)3-5-17-11/h1-8,17H,(H,18,19). The van der Waals surface area contributed by atoms with Crippen LogP contribution in [0.25, 0.3) is 21.1 Å². The Bertz CT molecular complexity index is 910. The van der Waals surface area contributed by atoms with Gasteiger partial charge in [0.2, 0.25) is 0 Å². The largest absolute Gasteiger partial charge is 0.361 e. The zero-order chi connectivity index (χ0) is 13.5. The molecule has 5 heteroatoms. The monoisotopic (exact) mass is 343 g/mol. The number of fused-ring (bicyclic) bond motifs is 2. The van der Waals surface area contributed by atoms with Gasteiger partial charge in [0.25, 0.3) is 0 Å². The first-order valence-corrected chi connectivity index (χ1v) is 7.79. The number of rotatable bonds is 2. The van der Waals surface area contributed by atoms with E-state index in [2.05, 4.69) is 55.5 Å². The van der Waals surface area contributed by atoms with Crippen LogP contribution in [0.4, 0.5) is 11.4 Å². The summed E-state index contributed by atoms with van der Waals surface area (Å²) in [5.41, 5.74) is 4.32. The number of halogens is 1. The lowest BCUT2D eigenvalue weighted by atomic mass is 10.2. The molecule has 3 nitrogen and oxygen atoms in total. The van der Waals surface area contributed by atoms with Gasteiger partial charge in [0.05, 0.1) is 19.7 Å². The van der Waals surface area contributed by atoms with Crippen LogP contribution < -0.4 is 5.32 Å². The normalized spacial score (nSPS) is 11.2. The van der Waals surface area contributed by atoms with Crippen molar-refractivity contribution >= 4 is 59.8 Å². The average Bonchev–Trinajstić information content (AvgIpc) is 3.04. The van der Waals surface area contributed by atoms with Crippen molar-refractivity contribution in [2.75, 3.05) is 5.32 Å². The maximum Gasteiger partial charge on any atom is 0.0842 e. The summed E-state index contributed by atoms with van der Waals surface area (Å²) in [6, 6.07) is 12.4. The van der Waals surface area contributed by atoms with Gasteiger partial charge in [0, 0.05) is 29.0 Å². The number of hydrogen-bond acceptors (Lipinski definition) is 3. The van der Waals surface area contributed by atoms with Crippen LogP contribution in [0.3, 0.4) is 0 Å². The number of pyridine rings is 1. The highest BCUT2D eigenvalue weighted by Crippen LogP contribution is 2.35. The summed E-state index contributed by atoms with van der Waals surface area (Å²) in [7, 11) is 0. The van der Waals surface area contributed by atoms with E-state index in [0.717, 1.165) is 30.9 Å². The predicted molar refractivity (Wildman–Crippen MR) is 88.9 cm³/mol. The first-order chi connectivity index (χ1) is 9.79. The third kappa shape index (κ3) is 1.99. The molecule has 3 heterocycles. The highest BCUT2D eigenvalue weighted by Gasteiger charge is 2.07. The van der Waals surface area contributed by atoms with Gasteiger partial charge in [-0.1, -0.05) is 0 Å². The second-order valence-electron chi connectivity index (χ2n) is 4.53. The maximum absolute atomic E-state index is 4.38. The van der Waals surface area contributed by atoms with E-state index in [1.54, 1.807) is 11.3 Å². The van der Waals surface area contributed by atoms with E-state index < -0.39 is 0 Å². The number of aromatic nitrogens is 2. The fraction of sp³-hybridized carbons (Fsp3) is 0. The number of benzene rings is 1. The third-order valence-electron chi connectivity index (χ3n) is 3.21. The maximum atomic E-state index is 4.38. The molecule has 20 heavy (non-hydrogen) atoms. The molecule has 0 saturated heterocycles. The van der Waals surface area contributed by atoms with E-state index in [1.165, 1.54) is 5.39 Å². The number of hydrogen-bond donors (Lipinski definition) is 2. The molecule has 0 fully saturated rings. The molecule has 0 unspecified atom stereocenters. The Morgan fingerprint density at radius 1 is 1.15 bits per heavy atom. The highest BCUT2D eigenvalue weighted by atomic mass is 79.9. The van der Waals surface area contributed by atoms with Crippen LogP contribution in [0.5, 0.6) is 0 Å². The van der Waals surface area contributed by atoms with Crippen molar-refractivity contribution in [3.63, 3.8) is 0 Å². The van der Waals surface area contributed by atoms with E-state index in [9.17, 15) is 0 Å². The predicted octanol–water partition coefficient (Wildman–Crippen LogP) is 5.28. The van der Waals surface area contributed by atoms with Crippen molar-refractivity contribution < 1.29 is 0 Å². The smallest absolute Gasteiger partial charge is 0.0842 e. The fourth-order valence-corrected chi connectivity index (χ4v) is 3.81. The van der Waals surface area contributed by atoms with Crippen LogP contribution in [-0.2, 0) is 0 Å². The molecule has 0 radical (unpaired) electrons. The number of anilines is 2. The summed E-state index contributed by atoms with van der Waals surface area (Å²) in [6.07, 6.45) is 3.79. The number of nitrogens with one attached hydrogen (secondary N) is 2. The van der Waals surface area contributed by atoms with Gasteiger partial charge < -0.3 is 10.3 Å². The summed E-state index contributed by atoms with van der Waals surface area (Å²) >= 11 is 5.21. The van der Waals surface area contributed by atoms with E-state index >= 15 is 0 Å². The highest BCUT2D eigenvalue weighted by molar-refractivity contribution is 9.11. The van der Waals surface area contributed by atoms with Crippen LogP contribution in [0, 0.1) is 0 Å². The molecule has 4 aromatic rings. The van der Waals surface area contributed by atoms with E-state index in [-0.39, 0.29) is 0 Å². The van der Waals surface area contributed by atoms with E-state index in [0.29, 0.717) is 0 Å². The minimum Gasteiger partial charge on any atom is -0.361 e. The van der Waals surface area contributed by atoms with Gasteiger partial charge in [-0.25, -0.2) is 0 Å². The fourth-order valence-electron chi connectivity index (χ4n) is 2.29. The number of thiophene rings is 1. The lowest BCUT2D eigenvalue weighted by molar-refractivity contribution is 1.42. The Morgan fingerprint density at radius 3 is 3.05 bits per heavy atom. The molecule has 3 aromatic heterocycles. The second kappa shape index (κ2) is 4.61. The van der Waals surface area contributed by atoms with Crippen LogP contribution in [0.15, 0.2) is 52.6 Å². The van der Waals surface area contributed by atoms with Crippen molar-refractivity contribution in [3.05, 3.63) is 52.6 Å². The quantitative estimate of drug-likeness (QED) is 0.519. The topological polar surface area (TPSA) is 40.7 Å². The Morgan fingerprint density at radius 2 is 2.10 bits per heavy atom. The molecule has 0 bridgehead atoms. The molecule has 2 N–H and O–H groups in total. The van der Waals surface area contributed by atoms with Crippen LogP contribution in [0.1, 0.15) is 0 Å². The van der Waals surface area contributed by atoms with Crippen molar-refractivity contribution in [3.8, 4) is 0 Å². The number of H-pyrrole nitrogens is 1. The molecule has 0 amide bonds. The average molecular weight is 344 g/mol. The lowest BCUT2D eigenvalue weighted by Gasteiger charge is -2.07. The first kappa shape index (κ1) is 11.9. The van der Waals surface area contributed by atoms with E-state index in [4.69, 9.17) is 0 Å². The molecular weight excluding hydrogens is 334 g/mol. The molecule has 98 valence electrons. The molecule has 0 atom stereocenters. The zero-order valence-corrected chi connectivity index (χ0v) is 12.8. The Labute approximate surface area is 127 Å². The van der Waals surface area contributed by atoms with Crippen LogP contribution in [-0.4, -0.2) is 9.97 Å². The molecule has 0 aliphatic carbocycles. The summed E-state index contributed by atoms with van der Waals surface area (Å²) in [4.78, 5) is 7.58. The Kier molecular flexibility index (Phi) is 2.75.